The van der Waals surface area contributed by atoms with Crippen LogP contribution in [0.2, 0.25) is 0 Å². The van der Waals surface area contributed by atoms with E-state index in [9.17, 15) is 9.59 Å². The van der Waals surface area contributed by atoms with Gasteiger partial charge in [-0.25, -0.2) is 0 Å². The summed E-state index contributed by atoms with van der Waals surface area (Å²) in [5, 5.41) is 20.5. The minimum Gasteiger partial charge on any atom is -0.481 e. The molecule has 5 nitrogen and oxygen atoms in total. The molecule has 0 aliphatic heterocycles. The molecule has 0 bridgehead atoms. The maximum absolute atomic E-state index is 12.3. The fourth-order valence-corrected chi connectivity index (χ4v) is 2.14. The lowest BCUT2D eigenvalue weighted by Gasteiger charge is -2.09. The SMILES string of the molecule is O=C(O)Cc1ccccc1C(=O)Nc1ccc(CCO)cc1. The molecule has 0 spiro atoms. The summed E-state index contributed by atoms with van der Waals surface area (Å²) in [6.45, 7) is 0.0776. The first-order valence-electron chi connectivity index (χ1n) is 6.91. The Morgan fingerprint density at radius 3 is 2.32 bits per heavy atom. The van der Waals surface area contributed by atoms with Crippen molar-refractivity contribution in [2.45, 2.75) is 12.8 Å². The van der Waals surface area contributed by atoms with Gasteiger partial charge in [0.1, 0.15) is 0 Å². The largest absolute Gasteiger partial charge is 0.481 e. The summed E-state index contributed by atoms with van der Waals surface area (Å²) in [6.07, 6.45) is 0.370. The van der Waals surface area contributed by atoms with E-state index in [0.717, 1.165) is 5.56 Å². The number of anilines is 1. The number of hydrogen-bond donors (Lipinski definition) is 3. The number of nitrogens with one attached hydrogen (secondary N) is 1. The van der Waals surface area contributed by atoms with Crippen LogP contribution >= 0.6 is 0 Å². The Morgan fingerprint density at radius 1 is 1.00 bits per heavy atom. The van der Waals surface area contributed by atoms with Gasteiger partial charge in [-0.15, -0.1) is 0 Å². The van der Waals surface area contributed by atoms with Crippen LogP contribution in [0.3, 0.4) is 0 Å². The first-order valence-corrected chi connectivity index (χ1v) is 6.91. The Bertz CT molecular complexity index is 665. The molecule has 0 fully saturated rings. The maximum Gasteiger partial charge on any atom is 0.307 e. The monoisotopic (exact) mass is 299 g/mol. The van der Waals surface area contributed by atoms with E-state index >= 15 is 0 Å². The number of aliphatic hydroxyl groups excluding tert-OH is 1. The molecule has 5 heteroatoms. The number of carboxylic acid groups (broad SMARTS) is 1. The molecule has 2 aromatic rings. The lowest BCUT2D eigenvalue weighted by Crippen LogP contribution is -2.15. The molecule has 3 N–H and O–H groups in total. The third-order valence-corrected chi connectivity index (χ3v) is 3.22. The Kier molecular flexibility index (Phi) is 5.27. The number of carbonyl (C=O) groups is 2. The van der Waals surface area contributed by atoms with Gasteiger partial charge in [0.15, 0.2) is 0 Å². The van der Waals surface area contributed by atoms with Gasteiger partial charge in [0.25, 0.3) is 5.91 Å². The fourth-order valence-electron chi connectivity index (χ4n) is 2.14. The van der Waals surface area contributed by atoms with E-state index in [-0.39, 0.29) is 18.9 Å². The van der Waals surface area contributed by atoms with Crippen LogP contribution in [0.25, 0.3) is 0 Å². The Labute approximate surface area is 128 Å². The van der Waals surface area contributed by atoms with Gasteiger partial charge >= 0.3 is 5.97 Å². The number of aliphatic carboxylic acids is 1. The topological polar surface area (TPSA) is 86.6 Å². The quantitative estimate of drug-likeness (QED) is 0.762. The van der Waals surface area contributed by atoms with Crippen molar-refractivity contribution in [2.24, 2.45) is 0 Å². The molecule has 22 heavy (non-hydrogen) atoms. The van der Waals surface area contributed by atoms with E-state index < -0.39 is 5.97 Å². The van der Waals surface area contributed by atoms with E-state index in [4.69, 9.17) is 10.2 Å². The second kappa shape index (κ2) is 7.38. The first-order chi connectivity index (χ1) is 10.6. The average Bonchev–Trinajstić information content (AvgIpc) is 2.49. The molecule has 0 aliphatic carbocycles. The third kappa shape index (κ3) is 4.17. The molecule has 0 atom stereocenters. The van der Waals surface area contributed by atoms with Crippen LogP contribution in [-0.4, -0.2) is 28.7 Å². The summed E-state index contributed by atoms with van der Waals surface area (Å²) < 4.78 is 0. The maximum atomic E-state index is 12.3. The normalized spacial score (nSPS) is 10.2. The first kappa shape index (κ1) is 15.7. The van der Waals surface area contributed by atoms with Crippen LogP contribution in [0, 0.1) is 0 Å². The fraction of sp³-hybridized carbons (Fsp3) is 0.176. The van der Waals surface area contributed by atoms with Gasteiger partial charge in [-0.2, -0.15) is 0 Å². The lowest BCUT2D eigenvalue weighted by molar-refractivity contribution is -0.136. The van der Waals surface area contributed by atoms with Crippen molar-refractivity contribution in [3.05, 3.63) is 65.2 Å². The zero-order valence-electron chi connectivity index (χ0n) is 12.0. The Balaban J connectivity index is 2.13. The number of rotatable bonds is 6. The van der Waals surface area contributed by atoms with Crippen LogP contribution in [0.5, 0.6) is 0 Å². The molecule has 2 rings (SSSR count). The molecule has 1 amide bonds. The van der Waals surface area contributed by atoms with Crippen LogP contribution in [0.1, 0.15) is 21.5 Å². The highest BCUT2D eigenvalue weighted by molar-refractivity contribution is 6.05. The number of hydrogen-bond acceptors (Lipinski definition) is 3. The van der Waals surface area contributed by atoms with Crippen molar-refractivity contribution in [1.29, 1.82) is 0 Å². The molecule has 2 aromatic carbocycles. The molecule has 0 aromatic heterocycles. The highest BCUT2D eigenvalue weighted by Crippen LogP contribution is 2.15. The Morgan fingerprint density at radius 2 is 1.68 bits per heavy atom. The van der Waals surface area contributed by atoms with E-state index in [1.807, 2.05) is 12.1 Å². The number of aliphatic hydroxyl groups is 1. The zero-order chi connectivity index (χ0) is 15.9. The van der Waals surface area contributed by atoms with E-state index in [1.54, 1.807) is 36.4 Å². The van der Waals surface area contributed by atoms with Crippen molar-refractivity contribution in [1.82, 2.24) is 0 Å². The van der Waals surface area contributed by atoms with Gasteiger partial charge < -0.3 is 15.5 Å². The van der Waals surface area contributed by atoms with Crippen molar-refractivity contribution >= 4 is 17.6 Å². The highest BCUT2D eigenvalue weighted by atomic mass is 16.4. The van der Waals surface area contributed by atoms with Crippen molar-refractivity contribution in [3.8, 4) is 0 Å². The van der Waals surface area contributed by atoms with E-state index in [1.165, 1.54) is 0 Å². The van der Waals surface area contributed by atoms with Crippen molar-refractivity contribution in [3.63, 3.8) is 0 Å². The second-order valence-corrected chi connectivity index (χ2v) is 4.85. The van der Waals surface area contributed by atoms with Crippen LogP contribution in [0.4, 0.5) is 5.69 Å². The zero-order valence-corrected chi connectivity index (χ0v) is 12.0. The summed E-state index contributed by atoms with van der Waals surface area (Å²) in [4.78, 5) is 23.1. The lowest BCUT2D eigenvalue weighted by atomic mass is 10.0. The van der Waals surface area contributed by atoms with Gasteiger partial charge in [0.05, 0.1) is 6.42 Å². The third-order valence-electron chi connectivity index (χ3n) is 3.22. The minimum atomic E-state index is -0.978. The van der Waals surface area contributed by atoms with Gasteiger partial charge in [-0.1, -0.05) is 30.3 Å². The summed E-state index contributed by atoms with van der Waals surface area (Å²) >= 11 is 0. The van der Waals surface area contributed by atoms with E-state index in [0.29, 0.717) is 23.2 Å². The summed E-state index contributed by atoms with van der Waals surface area (Å²) in [5.41, 5.74) is 2.43. The van der Waals surface area contributed by atoms with Gasteiger partial charge in [-0.05, 0) is 35.7 Å². The van der Waals surface area contributed by atoms with E-state index in [2.05, 4.69) is 5.32 Å². The summed E-state index contributed by atoms with van der Waals surface area (Å²) in [5.74, 6) is -1.32. The molecular formula is C17H17NO4. The summed E-state index contributed by atoms with van der Waals surface area (Å²) in [7, 11) is 0. The van der Waals surface area contributed by atoms with Crippen LogP contribution in [0.15, 0.2) is 48.5 Å². The number of benzene rings is 2. The summed E-state index contributed by atoms with van der Waals surface area (Å²) in [6, 6.07) is 13.8. The van der Waals surface area contributed by atoms with Crippen LogP contribution < -0.4 is 5.32 Å². The molecule has 0 heterocycles. The van der Waals surface area contributed by atoms with Crippen LogP contribution in [-0.2, 0) is 17.6 Å². The molecule has 0 saturated heterocycles. The van der Waals surface area contributed by atoms with Crippen molar-refractivity contribution in [2.75, 3.05) is 11.9 Å². The number of carbonyl (C=O) groups excluding carboxylic acids is 1. The molecular weight excluding hydrogens is 282 g/mol. The number of carboxylic acids is 1. The minimum absolute atomic E-state index is 0.0776. The molecule has 0 unspecified atom stereocenters. The molecule has 0 aliphatic rings. The molecule has 0 radical (unpaired) electrons. The average molecular weight is 299 g/mol. The second-order valence-electron chi connectivity index (χ2n) is 4.85. The standard InChI is InChI=1S/C17H17NO4/c19-10-9-12-5-7-14(8-6-12)18-17(22)15-4-2-1-3-13(15)11-16(20)21/h1-8,19H,9-11H2,(H,18,22)(H,20,21). The predicted octanol–water partition coefficient (Wildman–Crippen LogP) is 2.10. The van der Waals surface area contributed by atoms with Crippen molar-refractivity contribution < 1.29 is 19.8 Å². The molecule has 0 saturated carbocycles. The van der Waals surface area contributed by atoms with Gasteiger partial charge in [0, 0.05) is 17.9 Å². The van der Waals surface area contributed by atoms with Gasteiger partial charge in [0.2, 0.25) is 0 Å². The number of amides is 1. The predicted molar refractivity (Wildman–Crippen MR) is 83.0 cm³/mol. The smallest absolute Gasteiger partial charge is 0.307 e. The highest BCUT2D eigenvalue weighted by Gasteiger charge is 2.13. The molecule has 114 valence electrons. The van der Waals surface area contributed by atoms with Gasteiger partial charge in [-0.3, -0.25) is 9.59 Å². The Hall–Kier alpha value is -2.66.